The minimum Gasteiger partial charge on any atom is -0.393 e. The summed E-state index contributed by atoms with van der Waals surface area (Å²) in [6.45, 7) is 7.06. The van der Waals surface area contributed by atoms with Crippen LogP contribution in [-0.4, -0.2) is 29.7 Å². The lowest BCUT2D eigenvalue weighted by molar-refractivity contribution is -0.120. The van der Waals surface area contributed by atoms with Crippen molar-refractivity contribution < 1.29 is 9.90 Å². The molecule has 0 aliphatic heterocycles. The lowest BCUT2D eigenvalue weighted by Crippen LogP contribution is -2.52. The Bertz CT molecular complexity index is 636. The molecule has 4 nitrogen and oxygen atoms in total. The summed E-state index contributed by atoms with van der Waals surface area (Å²) in [5.74, 6) is 2.76. The summed E-state index contributed by atoms with van der Waals surface area (Å²) < 4.78 is 0. The first-order chi connectivity index (χ1) is 12.8. The molecule has 5 heteroatoms. The molecule has 1 amide bonds. The number of aliphatic hydroxyl groups is 1. The average molecular weight is 411 g/mol. The molecule has 4 N–H and O–H groups in total. The highest BCUT2D eigenvalue weighted by molar-refractivity contribution is 5.85. The summed E-state index contributed by atoms with van der Waals surface area (Å²) in [5.41, 5.74) is 7.70. The van der Waals surface area contributed by atoms with E-state index in [4.69, 9.17) is 5.73 Å². The van der Waals surface area contributed by atoms with Gasteiger partial charge < -0.3 is 16.2 Å². The molecule has 4 aliphatic rings. The zero-order valence-corrected chi connectivity index (χ0v) is 18.6. The minimum atomic E-state index is -0.177. The number of aliphatic hydroxyl groups excluding tert-OH is 1. The summed E-state index contributed by atoms with van der Waals surface area (Å²) in [4.78, 5) is 11.7. The maximum atomic E-state index is 11.7. The number of rotatable bonds is 3. The first kappa shape index (κ1) is 22.1. The zero-order chi connectivity index (χ0) is 19.4. The van der Waals surface area contributed by atoms with E-state index < -0.39 is 0 Å². The van der Waals surface area contributed by atoms with Crippen LogP contribution in [0.3, 0.4) is 0 Å². The second-order valence-corrected chi connectivity index (χ2v) is 10.4. The Hall–Kier alpha value is -0.580. The molecular formula is C23H39ClN2O2. The lowest BCUT2D eigenvalue weighted by atomic mass is 9.47. The second kappa shape index (κ2) is 7.92. The Morgan fingerprint density at radius 1 is 1.25 bits per heavy atom. The largest absolute Gasteiger partial charge is 0.393 e. The molecule has 0 aromatic carbocycles. The number of fused-ring (bicyclic) bond motifs is 5. The molecule has 3 saturated carbocycles. The fraction of sp³-hybridized carbons (Fsp3) is 0.870. The van der Waals surface area contributed by atoms with Gasteiger partial charge in [-0.2, -0.15) is 0 Å². The van der Waals surface area contributed by atoms with Crippen molar-refractivity contribution in [3.8, 4) is 0 Å². The highest BCUT2D eigenvalue weighted by Gasteiger charge is 2.59. The van der Waals surface area contributed by atoms with Gasteiger partial charge in [-0.1, -0.05) is 25.5 Å². The molecule has 4 rings (SSSR count). The van der Waals surface area contributed by atoms with Crippen molar-refractivity contribution in [3.05, 3.63) is 11.6 Å². The summed E-state index contributed by atoms with van der Waals surface area (Å²) in [6.07, 6.45) is 11.9. The minimum absolute atomic E-state index is 0. The van der Waals surface area contributed by atoms with E-state index in [1.165, 1.54) is 38.5 Å². The molecule has 0 spiro atoms. The first-order valence-electron chi connectivity index (χ1n) is 11.2. The van der Waals surface area contributed by atoms with Crippen LogP contribution in [0.5, 0.6) is 0 Å². The number of hydrogen-bond donors (Lipinski definition) is 3. The number of allylic oxidation sites excluding steroid dienone is 1. The Morgan fingerprint density at radius 2 is 2.00 bits per heavy atom. The van der Waals surface area contributed by atoms with Crippen LogP contribution in [0.1, 0.15) is 72.1 Å². The van der Waals surface area contributed by atoms with Crippen LogP contribution in [0.15, 0.2) is 11.6 Å². The van der Waals surface area contributed by atoms with Gasteiger partial charge in [0.15, 0.2) is 0 Å². The van der Waals surface area contributed by atoms with Crippen LogP contribution in [0.2, 0.25) is 0 Å². The van der Waals surface area contributed by atoms with E-state index in [0.29, 0.717) is 16.7 Å². The molecule has 0 aromatic heterocycles. The van der Waals surface area contributed by atoms with Crippen LogP contribution in [0.25, 0.3) is 0 Å². The number of amides is 1. The van der Waals surface area contributed by atoms with Gasteiger partial charge in [0.25, 0.3) is 0 Å². The van der Waals surface area contributed by atoms with Crippen molar-refractivity contribution in [1.29, 1.82) is 0 Å². The van der Waals surface area contributed by atoms with E-state index in [2.05, 4.69) is 25.2 Å². The third kappa shape index (κ3) is 3.33. The topological polar surface area (TPSA) is 75.3 Å². The van der Waals surface area contributed by atoms with Crippen LogP contribution < -0.4 is 11.1 Å². The maximum Gasteiger partial charge on any atom is 0.233 e. The zero-order valence-electron chi connectivity index (χ0n) is 17.7. The fourth-order valence-electron chi connectivity index (χ4n) is 7.90. The first-order valence-corrected chi connectivity index (χ1v) is 11.2. The number of nitrogens with one attached hydrogen (secondary N) is 1. The van der Waals surface area contributed by atoms with Gasteiger partial charge in [-0.05, 0) is 92.8 Å². The van der Waals surface area contributed by atoms with Crippen LogP contribution in [0.4, 0.5) is 0 Å². The lowest BCUT2D eigenvalue weighted by Gasteiger charge is -2.58. The number of carbonyl (C=O) groups is 1. The van der Waals surface area contributed by atoms with Crippen molar-refractivity contribution in [1.82, 2.24) is 5.32 Å². The molecule has 0 bridgehead atoms. The summed E-state index contributed by atoms with van der Waals surface area (Å²) in [6, 6.07) is 0.261. The van der Waals surface area contributed by atoms with Crippen molar-refractivity contribution in [2.24, 2.45) is 40.2 Å². The fourth-order valence-corrected chi connectivity index (χ4v) is 7.90. The monoisotopic (exact) mass is 410 g/mol. The highest BCUT2D eigenvalue weighted by atomic mass is 35.5. The molecule has 28 heavy (non-hydrogen) atoms. The van der Waals surface area contributed by atoms with E-state index in [1.807, 2.05) is 6.92 Å². The number of nitrogens with two attached hydrogens (primary N) is 1. The van der Waals surface area contributed by atoms with Gasteiger partial charge in [-0.15, -0.1) is 12.4 Å². The van der Waals surface area contributed by atoms with Crippen LogP contribution >= 0.6 is 12.4 Å². The van der Waals surface area contributed by atoms with Gasteiger partial charge >= 0.3 is 0 Å². The van der Waals surface area contributed by atoms with Gasteiger partial charge in [0.2, 0.25) is 5.91 Å². The van der Waals surface area contributed by atoms with Gasteiger partial charge in [0.05, 0.1) is 12.6 Å². The Morgan fingerprint density at radius 3 is 2.68 bits per heavy atom. The van der Waals surface area contributed by atoms with Crippen molar-refractivity contribution in [2.75, 3.05) is 6.54 Å². The van der Waals surface area contributed by atoms with E-state index in [1.54, 1.807) is 5.57 Å². The molecule has 0 aromatic rings. The molecule has 0 saturated heterocycles. The standard InChI is InChI=1S/C23H38N2O2.ClH/c1-14(26)18-6-7-19-17-5-4-15-12-16(25-21(27)13-24)8-10-22(15,2)20(17)9-11-23(18,19)3;/h4,14,16-20,26H,5-13,24H2,1-3H3,(H,25,27);1H/t14-,16+,17?,18+,19?,20?,22-,23+;/m0./s1. The number of hydrogen-bond acceptors (Lipinski definition) is 3. The van der Waals surface area contributed by atoms with Crippen molar-refractivity contribution in [3.63, 3.8) is 0 Å². The van der Waals surface area contributed by atoms with Gasteiger partial charge in [-0.3, -0.25) is 4.79 Å². The molecule has 0 heterocycles. The third-order valence-electron chi connectivity index (χ3n) is 9.31. The van der Waals surface area contributed by atoms with E-state index in [-0.39, 0.29) is 37.0 Å². The van der Waals surface area contributed by atoms with E-state index in [0.717, 1.165) is 30.6 Å². The molecule has 0 radical (unpaired) electrons. The van der Waals surface area contributed by atoms with Gasteiger partial charge in [0.1, 0.15) is 0 Å². The predicted octanol–water partition coefficient (Wildman–Crippen LogP) is 3.81. The Balaban J connectivity index is 0.00000225. The molecule has 8 atom stereocenters. The SMILES string of the molecule is C[C@H](O)[C@H]1CCC2C3CC=C4C[C@H](NC(=O)CN)CC[C@]4(C)C3CC[C@@]21C.Cl. The summed E-state index contributed by atoms with van der Waals surface area (Å²) in [5, 5.41) is 13.5. The number of halogens is 1. The average Bonchev–Trinajstić information content (AvgIpc) is 2.99. The molecule has 3 fully saturated rings. The smallest absolute Gasteiger partial charge is 0.233 e. The molecule has 4 aliphatic carbocycles. The van der Waals surface area contributed by atoms with Crippen LogP contribution in [0, 0.1) is 34.5 Å². The second-order valence-electron chi connectivity index (χ2n) is 10.4. The normalized spacial score (nSPS) is 45.6. The molecular weight excluding hydrogens is 372 g/mol. The van der Waals surface area contributed by atoms with E-state index >= 15 is 0 Å². The van der Waals surface area contributed by atoms with Crippen molar-refractivity contribution >= 4 is 18.3 Å². The van der Waals surface area contributed by atoms with Crippen molar-refractivity contribution in [2.45, 2.75) is 84.3 Å². The number of carbonyl (C=O) groups excluding carboxylic acids is 1. The van der Waals surface area contributed by atoms with Gasteiger partial charge in [0, 0.05) is 6.04 Å². The quantitative estimate of drug-likeness (QED) is 0.619. The molecule has 3 unspecified atom stereocenters. The predicted molar refractivity (Wildman–Crippen MR) is 115 cm³/mol. The third-order valence-corrected chi connectivity index (χ3v) is 9.31. The Kier molecular flexibility index (Phi) is 6.26. The Labute approximate surface area is 176 Å². The maximum absolute atomic E-state index is 11.7. The van der Waals surface area contributed by atoms with Gasteiger partial charge in [-0.25, -0.2) is 0 Å². The molecule has 160 valence electrons. The van der Waals surface area contributed by atoms with Crippen LogP contribution in [-0.2, 0) is 4.79 Å². The van der Waals surface area contributed by atoms with E-state index in [9.17, 15) is 9.90 Å². The summed E-state index contributed by atoms with van der Waals surface area (Å²) >= 11 is 0. The summed E-state index contributed by atoms with van der Waals surface area (Å²) in [7, 11) is 0. The highest BCUT2D eigenvalue weighted by Crippen LogP contribution is 2.66.